The molecule has 10 heteroatoms. The maximum Gasteiger partial charge on any atom is 0.295 e. The number of anilines is 1. The van der Waals surface area contributed by atoms with Crippen LogP contribution in [0.15, 0.2) is 88.8 Å². The van der Waals surface area contributed by atoms with Gasteiger partial charge in [-0.2, -0.15) is 0 Å². The standard InChI is InChI=1S/C31H31N5O4S/c1-19-26(30(38)36(35(19)3)23-9-7-6-8-10-23)32-29(37)20(2)41-31-33-27(21-11-15-24(39-4)16-12-21)28(34-31)22-13-17-25(40-5)18-14-22/h6-18,20H,1-5H3,(H,32,37)(H,33,34). The monoisotopic (exact) mass is 569 g/mol. The molecule has 2 heterocycles. The Hall–Kier alpha value is -4.70. The Morgan fingerprint density at radius 2 is 1.51 bits per heavy atom. The highest BCUT2D eigenvalue weighted by molar-refractivity contribution is 8.00. The molecule has 0 aliphatic rings. The van der Waals surface area contributed by atoms with E-state index < -0.39 is 5.25 Å². The van der Waals surface area contributed by atoms with Gasteiger partial charge in [-0.15, -0.1) is 0 Å². The van der Waals surface area contributed by atoms with Crippen LogP contribution in [0.3, 0.4) is 0 Å². The van der Waals surface area contributed by atoms with Gasteiger partial charge in [0.2, 0.25) is 5.91 Å². The van der Waals surface area contributed by atoms with Crippen LogP contribution in [0.2, 0.25) is 0 Å². The third-order valence-corrected chi connectivity index (χ3v) is 7.87. The van der Waals surface area contributed by atoms with Gasteiger partial charge >= 0.3 is 0 Å². The Bertz CT molecular complexity index is 1660. The van der Waals surface area contributed by atoms with E-state index >= 15 is 0 Å². The number of carbonyl (C=O) groups excluding carboxylic acids is 1. The minimum Gasteiger partial charge on any atom is -0.497 e. The molecular weight excluding hydrogens is 538 g/mol. The van der Waals surface area contributed by atoms with Gasteiger partial charge in [-0.05, 0) is 74.5 Å². The molecule has 41 heavy (non-hydrogen) atoms. The van der Waals surface area contributed by atoms with Crippen molar-refractivity contribution in [3.63, 3.8) is 0 Å². The molecule has 0 spiro atoms. The number of ether oxygens (including phenoxy) is 2. The molecule has 0 fully saturated rings. The van der Waals surface area contributed by atoms with E-state index in [1.54, 1.807) is 32.9 Å². The van der Waals surface area contributed by atoms with Gasteiger partial charge in [0.25, 0.3) is 5.56 Å². The first-order valence-electron chi connectivity index (χ1n) is 13.0. The van der Waals surface area contributed by atoms with Crippen LogP contribution >= 0.6 is 11.8 Å². The Morgan fingerprint density at radius 1 is 0.927 bits per heavy atom. The molecule has 3 aromatic carbocycles. The zero-order valence-electron chi connectivity index (χ0n) is 23.5. The number of aromatic amines is 1. The third-order valence-electron chi connectivity index (χ3n) is 6.88. The summed E-state index contributed by atoms with van der Waals surface area (Å²) in [4.78, 5) is 34.8. The minimum atomic E-state index is -0.544. The molecule has 1 atom stereocenters. The fourth-order valence-corrected chi connectivity index (χ4v) is 5.30. The predicted molar refractivity (Wildman–Crippen MR) is 162 cm³/mol. The van der Waals surface area contributed by atoms with Gasteiger partial charge in [-0.25, -0.2) is 9.67 Å². The van der Waals surface area contributed by atoms with Gasteiger partial charge in [-0.3, -0.25) is 14.3 Å². The van der Waals surface area contributed by atoms with Crippen molar-refractivity contribution in [3.8, 4) is 39.7 Å². The van der Waals surface area contributed by atoms with Crippen LogP contribution in [-0.4, -0.2) is 44.7 Å². The SMILES string of the molecule is COc1ccc(-c2nc(SC(C)C(=O)Nc3c(C)n(C)n(-c4ccccc4)c3=O)[nH]c2-c2ccc(OC)cc2)cc1. The summed E-state index contributed by atoms with van der Waals surface area (Å²) >= 11 is 1.29. The van der Waals surface area contributed by atoms with E-state index in [1.807, 2.05) is 85.8 Å². The molecule has 0 aliphatic heterocycles. The van der Waals surface area contributed by atoms with Crippen LogP contribution in [0, 0.1) is 6.92 Å². The van der Waals surface area contributed by atoms with Crippen molar-refractivity contribution in [2.24, 2.45) is 7.05 Å². The summed E-state index contributed by atoms with van der Waals surface area (Å²) in [6, 6.07) is 24.7. The molecule has 0 saturated heterocycles. The molecule has 2 aromatic heterocycles. The zero-order chi connectivity index (χ0) is 29.1. The Morgan fingerprint density at radius 3 is 2.10 bits per heavy atom. The second kappa shape index (κ2) is 11.8. The first-order valence-corrected chi connectivity index (χ1v) is 13.9. The number of aromatic nitrogens is 4. The number of hydrogen-bond acceptors (Lipinski definition) is 6. The molecule has 210 valence electrons. The number of imidazole rings is 1. The maximum absolute atomic E-state index is 13.3. The van der Waals surface area contributed by atoms with E-state index in [1.165, 1.54) is 16.4 Å². The Kier molecular flexibility index (Phi) is 8.02. The number of benzene rings is 3. The lowest BCUT2D eigenvalue weighted by molar-refractivity contribution is -0.115. The van der Waals surface area contributed by atoms with Crippen molar-refractivity contribution < 1.29 is 14.3 Å². The topological polar surface area (TPSA) is 103 Å². The number of H-pyrrole nitrogens is 1. The average Bonchev–Trinajstić information content (AvgIpc) is 3.51. The molecule has 0 radical (unpaired) electrons. The predicted octanol–water partition coefficient (Wildman–Crippen LogP) is 5.68. The van der Waals surface area contributed by atoms with Crippen LogP contribution < -0.4 is 20.3 Å². The van der Waals surface area contributed by atoms with E-state index in [0.29, 0.717) is 10.9 Å². The molecular formula is C31H31N5O4S. The van der Waals surface area contributed by atoms with E-state index in [2.05, 4.69) is 10.3 Å². The highest BCUT2D eigenvalue weighted by Crippen LogP contribution is 2.35. The number of amides is 1. The van der Waals surface area contributed by atoms with Crippen LogP contribution in [0.1, 0.15) is 12.6 Å². The van der Waals surface area contributed by atoms with E-state index in [9.17, 15) is 9.59 Å². The van der Waals surface area contributed by atoms with Crippen LogP contribution in [0.25, 0.3) is 28.2 Å². The number of thioether (sulfide) groups is 1. The highest BCUT2D eigenvalue weighted by Gasteiger charge is 2.24. The lowest BCUT2D eigenvalue weighted by Crippen LogP contribution is -2.27. The summed E-state index contributed by atoms with van der Waals surface area (Å²) in [5.41, 5.74) is 4.74. The van der Waals surface area contributed by atoms with Gasteiger partial charge in [0, 0.05) is 18.2 Å². The van der Waals surface area contributed by atoms with Crippen LogP contribution in [0.4, 0.5) is 5.69 Å². The fourth-order valence-electron chi connectivity index (χ4n) is 4.49. The van der Waals surface area contributed by atoms with Gasteiger partial charge in [-0.1, -0.05) is 30.0 Å². The number of rotatable bonds is 9. The summed E-state index contributed by atoms with van der Waals surface area (Å²) in [6.07, 6.45) is 0. The second-order valence-electron chi connectivity index (χ2n) is 9.41. The number of methoxy groups -OCH3 is 2. The van der Waals surface area contributed by atoms with Crippen molar-refractivity contribution in [3.05, 3.63) is 94.9 Å². The smallest absolute Gasteiger partial charge is 0.295 e. The number of para-hydroxylation sites is 1. The molecule has 0 aliphatic carbocycles. The lowest BCUT2D eigenvalue weighted by atomic mass is 10.0. The van der Waals surface area contributed by atoms with Gasteiger partial charge < -0.3 is 19.8 Å². The van der Waals surface area contributed by atoms with Gasteiger partial charge in [0.15, 0.2) is 5.16 Å². The van der Waals surface area contributed by atoms with Crippen LogP contribution in [0.5, 0.6) is 11.5 Å². The number of carbonyl (C=O) groups is 1. The lowest BCUT2D eigenvalue weighted by Gasteiger charge is -2.09. The van der Waals surface area contributed by atoms with E-state index in [0.717, 1.165) is 39.7 Å². The van der Waals surface area contributed by atoms with Gasteiger partial charge in [0.05, 0.1) is 42.2 Å². The number of hydrogen-bond donors (Lipinski definition) is 2. The zero-order valence-corrected chi connectivity index (χ0v) is 24.3. The quantitative estimate of drug-likeness (QED) is 0.222. The Balaban J connectivity index is 1.42. The maximum atomic E-state index is 13.3. The van der Waals surface area contributed by atoms with Crippen molar-refractivity contribution in [1.82, 2.24) is 19.3 Å². The third kappa shape index (κ3) is 5.64. The molecule has 9 nitrogen and oxygen atoms in total. The van der Waals surface area contributed by atoms with Crippen molar-refractivity contribution in [2.75, 3.05) is 19.5 Å². The largest absolute Gasteiger partial charge is 0.497 e. The molecule has 0 bridgehead atoms. The molecule has 5 rings (SSSR count). The molecule has 0 saturated carbocycles. The van der Waals surface area contributed by atoms with Gasteiger partial charge in [0.1, 0.15) is 17.2 Å². The average molecular weight is 570 g/mol. The first kappa shape index (κ1) is 27.9. The van der Waals surface area contributed by atoms with Crippen LogP contribution in [-0.2, 0) is 11.8 Å². The summed E-state index contributed by atoms with van der Waals surface area (Å²) < 4.78 is 13.9. The van der Waals surface area contributed by atoms with Crippen molar-refractivity contribution in [1.29, 1.82) is 0 Å². The summed E-state index contributed by atoms with van der Waals surface area (Å²) in [7, 11) is 5.05. The Labute approximate surface area is 242 Å². The van der Waals surface area contributed by atoms with E-state index in [-0.39, 0.29) is 17.2 Å². The normalized spacial score (nSPS) is 11.7. The number of nitrogens with zero attached hydrogens (tertiary/aromatic N) is 3. The first-order chi connectivity index (χ1) is 19.8. The number of nitrogens with one attached hydrogen (secondary N) is 2. The highest BCUT2D eigenvalue weighted by atomic mass is 32.2. The van der Waals surface area contributed by atoms with E-state index in [4.69, 9.17) is 14.5 Å². The minimum absolute atomic E-state index is 0.256. The fraction of sp³-hybridized carbons (Fsp3) is 0.194. The summed E-state index contributed by atoms with van der Waals surface area (Å²) in [6.45, 7) is 3.60. The molecule has 2 N–H and O–H groups in total. The molecule has 1 unspecified atom stereocenters. The summed E-state index contributed by atoms with van der Waals surface area (Å²) in [5, 5.41) is 2.89. The molecule has 1 amide bonds. The van der Waals surface area contributed by atoms with Crippen molar-refractivity contribution >= 4 is 23.4 Å². The molecule has 5 aromatic rings. The van der Waals surface area contributed by atoms with Crippen molar-refractivity contribution in [2.45, 2.75) is 24.3 Å². The second-order valence-corrected chi connectivity index (χ2v) is 10.7. The summed E-state index contributed by atoms with van der Waals surface area (Å²) in [5.74, 6) is 1.20.